The highest BCUT2D eigenvalue weighted by atomic mass is 35.5. The Morgan fingerprint density at radius 1 is 1.33 bits per heavy atom. The molecule has 1 aromatic carbocycles. The molecule has 0 amide bonds. The highest BCUT2D eigenvalue weighted by molar-refractivity contribution is 6.30. The van der Waals surface area contributed by atoms with Crippen LogP contribution in [0.1, 0.15) is 32.1 Å². The molecule has 0 saturated carbocycles. The average Bonchev–Trinajstić information content (AvgIpc) is 3.24. The van der Waals surface area contributed by atoms with Crippen LogP contribution in [0.15, 0.2) is 33.8 Å². The summed E-state index contributed by atoms with van der Waals surface area (Å²) in [5.74, 6) is 1.84. The molecule has 164 valence electrons. The van der Waals surface area contributed by atoms with Crippen molar-refractivity contribution in [1.29, 1.82) is 0 Å². The number of ether oxygens (including phenoxy) is 2. The number of halogens is 1. The molecule has 1 N–H and O–H groups in total. The van der Waals surface area contributed by atoms with Crippen molar-refractivity contribution in [3.05, 3.63) is 35.2 Å². The van der Waals surface area contributed by atoms with Gasteiger partial charge in [0.15, 0.2) is 5.96 Å². The van der Waals surface area contributed by atoms with Crippen LogP contribution in [-0.4, -0.2) is 67.1 Å². The molecule has 3 rings (SSSR count). The van der Waals surface area contributed by atoms with E-state index in [1.165, 1.54) is 0 Å². The quantitative estimate of drug-likeness (QED) is 0.367. The first-order valence-electron chi connectivity index (χ1n) is 10.4. The first kappa shape index (κ1) is 22.5. The summed E-state index contributed by atoms with van der Waals surface area (Å²) in [4.78, 5) is 11.4. The monoisotopic (exact) mass is 435 g/mol. The van der Waals surface area contributed by atoms with Gasteiger partial charge in [0.2, 0.25) is 11.7 Å². The fraction of sp³-hybridized carbons (Fsp3) is 0.571. The highest BCUT2D eigenvalue weighted by Crippen LogP contribution is 2.20. The maximum atomic E-state index is 6.04. The molecule has 0 aliphatic carbocycles. The molecule has 30 heavy (non-hydrogen) atoms. The van der Waals surface area contributed by atoms with Crippen LogP contribution in [0, 0.1) is 0 Å². The summed E-state index contributed by atoms with van der Waals surface area (Å²) >= 11 is 6.04. The van der Waals surface area contributed by atoms with Crippen molar-refractivity contribution >= 4 is 17.6 Å². The Hall–Kier alpha value is -2.16. The third-order valence-corrected chi connectivity index (χ3v) is 5.07. The molecular weight excluding hydrogens is 406 g/mol. The van der Waals surface area contributed by atoms with E-state index in [9.17, 15) is 0 Å². The van der Waals surface area contributed by atoms with E-state index in [4.69, 9.17) is 30.6 Å². The van der Waals surface area contributed by atoms with Gasteiger partial charge in [0, 0.05) is 50.5 Å². The number of guanidine groups is 1. The second-order valence-electron chi connectivity index (χ2n) is 7.10. The van der Waals surface area contributed by atoms with Crippen LogP contribution in [0.5, 0.6) is 0 Å². The van der Waals surface area contributed by atoms with Gasteiger partial charge >= 0.3 is 0 Å². The zero-order valence-electron chi connectivity index (χ0n) is 17.6. The summed E-state index contributed by atoms with van der Waals surface area (Å²) in [6.07, 6.45) is 3.20. The first-order valence-corrected chi connectivity index (χ1v) is 10.8. The zero-order chi connectivity index (χ0) is 21.2. The Bertz CT molecular complexity index is 805. The summed E-state index contributed by atoms with van der Waals surface area (Å²) in [5, 5.41) is 8.03. The number of hydrogen-bond donors (Lipinski definition) is 1. The Morgan fingerprint density at radius 2 is 2.17 bits per heavy atom. The van der Waals surface area contributed by atoms with Crippen LogP contribution in [0.25, 0.3) is 11.4 Å². The van der Waals surface area contributed by atoms with E-state index >= 15 is 0 Å². The van der Waals surface area contributed by atoms with Crippen molar-refractivity contribution < 1.29 is 14.0 Å². The van der Waals surface area contributed by atoms with E-state index in [2.05, 4.69) is 27.3 Å². The summed E-state index contributed by atoms with van der Waals surface area (Å²) < 4.78 is 16.4. The van der Waals surface area contributed by atoms with Gasteiger partial charge in [0.25, 0.3) is 0 Å². The number of benzene rings is 1. The lowest BCUT2D eigenvalue weighted by molar-refractivity contribution is 0.00989. The van der Waals surface area contributed by atoms with E-state index in [1.54, 1.807) is 7.11 Å². The van der Waals surface area contributed by atoms with Crippen LogP contribution in [0.2, 0.25) is 5.02 Å². The molecule has 8 nitrogen and oxygen atoms in total. The fourth-order valence-corrected chi connectivity index (χ4v) is 3.51. The average molecular weight is 436 g/mol. The lowest BCUT2D eigenvalue weighted by Crippen LogP contribution is -2.47. The number of likely N-dealkylation sites (tertiary alicyclic amines) is 1. The molecule has 0 atom stereocenters. The minimum atomic E-state index is 0.303. The molecule has 0 bridgehead atoms. The van der Waals surface area contributed by atoms with Crippen molar-refractivity contribution in [2.45, 2.75) is 38.8 Å². The molecule has 1 fully saturated rings. The van der Waals surface area contributed by atoms with E-state index in [0.29, 0.717) is 29.4 Å². The molecule has 9 heteroatoms. The van der Waals surface area contributed by atoms with Crippen LogP contribution in [-0.2, 0) is 16.0 Å². The molecule has 2 heterocycles. The number of piperidine rings is 1. The largest absolute Gasteiger partial charge is 0.385 e. The number of rotatable bonds is 9. The summed E-state index contributed by atoms with van der Waals surface area (Å²) in [6, 6.07) is 7.38. The van der Waals surface area contributed by atoms with Gasteiger partial charge < -0.3 is 24.2 Å². The maximum absolute atomic E-state index is 6.04. The molecule has 0 spiro atoms. The lowest BCUT2D eigenvalue weighted by Gasteiger charge is -2.34. The topological polar surface area (TPSA) is 85.0 Å². The predicted molar refractivity (Wildman–Crippen MR) is 117 cm³/mol. The van der Waals surface area contributed by atoms with Crippen molar-refractivity contribution in [3.63, 3.8) is 0 Å². The predicted octanol–water partition coefficient (Wildman–Crippen LogP) is 3.37. The summed E-state index contributed by atoms with van der Waals surface area (Å²) in [7, 11) is 1.71. The van der Waals surface area contributed by atoms with Gasteiger partial charge in [-0.1, -0.05) is 28.9 Å². The standard InChI is InChI=1S/C21H30ClN5O3/c1-3-23-21(27-10-8-18(9-11-27)29-13-5-12-28-2)24-15-19-25-20(26-30-19)16-6-4-7-17(22)14-16/h4,6-7,14,18H,3,5,8-13,15H2,1-2H3,(H,23,24). The van der Waals surface area contributed by atoms with Crippen LogP contribution >= 0.6 is 11.6 Å². The molecular formula is C21H30ClN5O3. The van der Waals surface area contributed by atoms with Gasteiger partial charge in [0.05, 0.1) is 6.10 Å². The van der Waals surface area contributed by atoms with Crippen LogP contribution in [0.3, 0.4) is 0 Å². The molecule has 1 aliphatic rings. The van der Waals surface area contributed by atoms with Crippen LogP contribution in [0.4, 0.5) is 0 Å². The third kappa shape index (κ3) is 6.68. The maximum Gasteiger partial charge on any atom is 0.248 e. The van der Waals surface area contributed by atoms with E-state index < -0.39 is 0 Å². The minimum Gasteiger partial charge on any atom is -0.385 e. The van der Waals surface area contributed by atoms with Gasteiger partial charge in [-0.15, -0.1) is 0 Å². The molecule has 2 aromatic rings. The van der Waals surface area contributed by atoms with E-state index in [0.717, 1.165) is 63.6 Å². The van der Waals surface area contributed by atoms with E-state index in [-0.39, 0.29) is 0 Å². The number of nitrogens with one attached hydrogen (secondary N) is 1. The Kier molecular flexibility index (Phi) is 8.92. The van der Waals surface area contributed by atoms with Crippen molar-refractivity contribution in [3.8, 4) is 11.4 Å². The number of hydrogen-bond acceptors (Lipinski definition) is 6. The third-order valence-electron chi connectivity index (χ3n) is 4.84. The molecule has 0 radical (unpaired) electrons. The highest BCUT2D eigenvalue weighted by Gasteiger charge is 2.22. The molecule has 0 unspecified atom stereocenters. The van der Waals surface area contributed by atoms with Crippen molar-refractivity contribution in [2.24, 2.45) is 4.99 Å². The molecule has 1 aromatic heterocycles. The number of methoxy groups -OCH3 is 1. The number of aliphatic imine (C=N–C) groups is 1. The van der Waals surface area contributed by atoms with Gasteiger partial charge in [-0.05, 0) is 38.3 Å². The normalized spacial score (nSPS) is 15.6. The van der Waals surface area contributed by atoms with Gasteiger partial charge in [-0.2, -0.15) is 4.98 Å². The van der Waals surface area contributed by atoms with Crippen molar-refractivity contribution in [2.75, 3.05) is 40.0 Å². The van der Waals surface area contributed by atoms with Crippen LogP contribution < -0.4 is 5.32 Å². The first-order chi connectivity index (χ1) is 14.7. The smallest absolute Gasteiger partial charge is 0.248 e. The second-order valence-corrected chi connectivity index (χ2v) is 7.53. The minimum absolute atomic E-state index is 0.303. The zero-order valence-corrected chi connectivity index (χ0v) is 18.4. The van der Waals surface area contributed by atoms with Crippen molar-refractivity contribution in [1.82, 2.24) is 20.4 Å². The van der Waals surface area contributed by atoms with Gasteiger partial charge in [-0.3, -0.25) is 0 Å². The van der Waals surface area contributed by atoms with E-state index in [1.807, 2.05) is 24.3 Å². The SMILES string of the molecule is CCNC(=NCc1nc(-c2cccc(Cl)c2)no1)N1CCC(OCCCOC)CC1. The lowest BCUT2D eigenvalue weighted by atomic mass is 10.1. The molecule has 1 saturated heterocycles. The van der Waals surface area contributed by atoms with Gasteiger partial charge in [0.1, 0.15) is 6.54 Å². The summed E-state index contributed by atoms with van der Waals surface area (Å²) in [6.45, 7) is 6.47. The summed E-state index contributed by atoms with van der Waals surface area (Å²) in [5.41, 5.74) is 0.820. The second kappa shape index (κ2) is 11.9. The Balaban J connectivity index is 1.54. The molecule has 1 aliphatic heterocycles. The number of nitrogens with zero attached hydrogens (tertiary/aromatic N) is 4. The fourth-order valence-electron chi connectivity index (χ4n) is 3.32. The Labute approximate surface area is 182 Å². The number of aromatic nitrogens is 2. The Morgan fingerprint density at radius 3 is 2.90 bits per heavy atom. The van der Waals surface area contributed by atoms with Gasteiger partial charge in [-0.25, -0.2) is 4.99 Å².